The van der Waals surface area contributed by atoms with Gasteiger partial charge >= 0.3 is 0 Å². The van der Waals surface area contributed by atoms with Crippen molar-refractivity contribution in [1.29, 1.82) is 0 Å². The summed E-state index contributed by atoms with van der Waals surface area (Å²) in [6, 6.07) is 17.2. The molecule has 0 spiro atoms. The molecule has 3 nitrogen and oxygen atoms in total. The molecule has 0 radical (unpaired) electrons. The first-order valence-electron chi connectivity index (χ1n) is 10.7. The maximum absolute atomic E-state index is 9.82. The second-order valence-electron chi connectivity index (χ2n) is 8.24. The van der Waals surface area contributed by atoms with Crippen LogP contribution in [0.3, 0.4) is 0 Å². The molecule has 0 saturated heterocycles. The molecule has 0 aliphatic heterocycles. The van der Waals surface area contributed by atoms with E-state index in [0.717, 1.165) is 61.0 Å². The van der Waals surface area contributed by atoms with Gasteiger partial charge in [0.2, 0.25) is 0 Å². The van der Waals surface area contributed by atoms with Crippen LogP contribution in [0.5, 0.6) is 11.5 Å². The number of pyridine rings is 1. The Morgan fingerprint density at radius 3 is 1.60 bits per heavy atom. The van der Waals surface area contributed by atoms with Gasteiger partial charge in [0.15, 0.2) is 0 Å². The number of rotatable bonds is 2. The molecule has 3 heteroatoms. The van der Waals surface area contributed by atoms with E-state index >= 15 is 0 Å². The van der Waals surface area contributed by atoms with Gasteiger partial charge in [-0.1, -0.05) is 30.3 Å². The molecule has 0 bridgehead atoms. The number of aromatic hydroxyl groups is 2. The number of aromatic nitrogens is 1. The molecular weight excluding hydrogens is 370 g/mol. The normalized spacial score (nSPS) is 18.3. The van der Waals surface area contributed by atoms with Gasteiger partial charge in [-0.15, -0.1) is 0 Å². The third-order valence-electron chi connectivity index (χ3n) is 6.00. The Hall–Kier alpha value is -3.33. The van der Waals surface area contributed by atoms with Crippen LogP contribution in [0.4, 0.5) is 0 Å². The van der Waals surface area contributed by atoms with Crippen molar-refractivity contribution in [2.75, 3.05) is 0 Å². The molecule has 5 rings (SSSR count). The van der Waals surface area contributed by atoms with Gasteiger partial charge in [0, 0.05) is 0 Å². The molecule has 2 N–H and O–H groups in total. The first-order chi connectivity index (χ1) is 14.7. The maximum Gasteiger partial charge on any atom is 0.116 e. The first kappa shape index (κ1) is 18.7. The van der Waals surface area contributed by atoms with Gasteiger partial charge in [0.05, 0.1) is 11.4 Å². The summed E-state index contributed by atoms with van der Waals surface area (Å²) in [7, 11) is 0. The summed E-state index contributed by atoms with van der Waals surface area (Å²) in [5.41, 5.74) is 9.38. The highest BCUT2D eigenvalue weighted by Gasteiger charge is 2.22. The van der Waals surface area contributed by atoms with E-state index in [-0.39, 0.29) is 11.5 Å². The molecule has 0 amide bonds. The van der Waals surface area contributed by atoms with E-state index in [1.807, 2.05) is 24.3 Å². The van der Waals surface area contributed by atoms with Gasteiger partial charge in [-0.25, -0.2) is 4.98 Å². The lowest BCUT2D eigenvalue weighted by Crippen LogP contribution is -2.12. The lowest BCUT2D eigenvalue weighted by Gasteiger charge is -2.25. The van der Waals surface area contributed by atoms with Gasteiger partial charge < -0.3 is 10.2 Å². The van der Waals surface area contributed by atoms with Gasteiger partial charge in [0.25, 0.3) is 0 Å². The molecule has 30 heavy (non-hydrogen) atoms. The summed E-state index contributed by atoms with van der Waals surface area (Å²) in [6.45, 7) is 0. The van der Waals surface area contributed by atoms with Gasteiger partial charge in [-0.3, -0.25) is 0 Å². The van der Waals surface area contributed by atoms with Crippen molar-refractivity contribution in [3.8, 4) is 11.5 Å². The predicted molar refractivity (Wildman–Crippen MR) is 122 cm³/mol. The van der Waals surface area contributed by atoms with Crippen molar-refractivity contribution < 1.29 is 10.2 Å². The van der Waals surface area contributed by atoms with Crippen molar-refractivity contribution in [3.63, 3.8) is 0 Å². The summed E-state index contributed by atoms with van der Waals surface area (Å²) in [4.78, 5) is 5.19. The Labute approximate surface area is 177 Å². The lowest BCUT2D eigenvalue weighted by molar-refractivity contribution is 0.474. The molecule has 2 aliphatic carbocycles. The molecule has 1 heterocycles. The fraction of sp³-hybridized carbons (Fsp3) is 0.222. The van der Waals surface area contributed by atoms with E-state index in [4.69, 9.17) is 4.98 Å². The molecule has 150 valence electrons. The van der Waals surface area contributed by atoms with Crippen molar-refractivity contribution in [3.05, 3.63) is 88.2 Å². The van der Waals surface area contributed by atoms with E-state index < -0.39 is 0 Å². The predicted octanol–water partition coefficient (Wildman–Crippen LogP) is 6.25. The Morgan fingerprint density at radius 1 is 0.633 bits per heavy atom. The second kappa shape index (κ2) is 7.83. The number of phenols is 2. The van der Waals surface area contributed by atoms with Crippen LogP contribution in [0.2, 0.25) is 0 Å². The second-order valence-corrected chi connectivity index (χ2v) is 8.24. The van der Waals surface area contributed by atoms with Crippen LogP contribution in [0.15, 0.2) is 54.6 Å². The van der Waals surface area contributed by atoms with Crippen LogP contribution in [0, 0.1) is 0 Å². The Kier molecular flexibility index (Phi) is 4.88. The molecule has 2 aromatic carbocycles. The van der Waals surface area contributed by atoms with Gasteiger partial charge in [-0.2, -0.15) is 0 Å². The zero-order chi connectivity index (χ0) is 20.5. The van der Waals surface area contributed by atoms with Crippen molar-refractivity contribution in [2.45, 2.75) is 38.5 Å². The molecule has 0 unspecified atom stereocenters. The smallest absolute Gasteiger partial charge is 0.116 e. The van der Waals surface area contributed by atoms with E-state index in [9.17, 15) is 10.2 Å². The quantitative estimate of drug-likeness (QED) is 0.539. The number of aryl methyl sites for hydroxylation is 2. The van der Waals surface area contributed by atoms with Gasteiger partial charge in [-0.05, 0) is 108 Å². The highest BCUT2D eigenvalue weighted by Crippen LogP contribution is 2.38. The van der Waals surface area contributed by atoms with E-state index in [2.05, 4.69) is 18.2 Å². The zero-order valence-electron chi connectivity index (χ0n) is 16.9. The molecule has 0 fully saturated rings. The van der Waals surface area contributed by atoms with E-state index in [1.165, 1.54) is 22.3 Å². The van der Waals surface area contributed by atoms with Crippen molar-refractivity contribution >= 4 is 23.3 Å². The monoisotopic (exact) mass is 395 g/mol. The summed E-state index contributed by atoms with van der Waals surface area (Å²) in [6.07, 6.45) is 10.7. The third kappa shape index (κ3) is 3.76. The SMILES string of the molecule is Oc1cccc(/C=C2/CCCc3cc4c(nc32)/C(=C/c2cccc(O)c2)CCC4)c1. The topological polar surface area (TPSA) is 53.4 Å². The highest BCUT2D eigenvalue weighted by atomic mass is 16.3. The minimum atomic E-state index is 0.287. The number of nitrogens with zero attached hydrogens (tertiary/aromatic N) is 1. The van der Waals surface area contributed by atoms with E-state index in [1.54, 1.807) is 24.3 Å². The average Bonchev–Trinajstić information content (AvgIpc) is 2.73. The van der Waals surface area contributed by atoms with E-state index in [0.29, 0.717) is 0 Å². The average molecular weight is 396 g/mol. The number of hydrogen-bond donors (Lipinski definition) is 2. The molecule has 1 aromatic heterocycles. The Balaban J connectivity index is 1.60. The third-order valence-corrected chi connectivity index (χ3v) is 6.00. The summed E-state index contributed by atoms with van der Waals surface area (Å²) >= 11 is 0. The lowest BCUT2D eigenvalue weighted by atomic mass is 9.84. The van der Waals surface area contributed by atoms with Crippen LogP contribution in [0.1, 0.15) is 59.3 Å². The molecule has 2 aliphatic rings. The summed E-state index contributed by atoms with van der Waals surface area (Å²) in [5.74, 6) is 0.574. The highest BCUT2D eigenvalue weighted by molar-refractivity contribution is 5.86. The number of benzene rings is 2. The van der Waals surface area contributed by atoms with Crippen molar-refractivity contribution in [2.24, 2.45) is 0 Å². The molecule has 0 atom stereocenters. The molecule has 3 aromatic rings. The summed E-state index contributed by atoms with van der Waals surface area (Å²) < 4.78 is 0. The maximum atomic E-state index is 9.82. The zero-order valence-corrected chi connectivity index (χ0v) is 16.9. The van der Waals surface area contributed by atoms with Crippen molar-refractivity contribution in [1.82, 2.24) is 4.98 Å². The molecule has 0 saturated carbocycles. The van der Waals surface area contributed by atoms with Crippen LogP contribution < -0.4 is 0 Å². The number of fused-ring (bicyclic) bond motifs is 2. The van der Waals surface area contributed by atoms with Gasteiger partial charge in [0.1, 0.15) is 11.5 Å². The fourth-order valence-electron chi connectivity index (χ4n) is 4.63. The van der Waals surface area contributed by atoms with Crippen LogP contribution >= 0.6 is 0 Å². The standard InChI is InChI=1S/C27H25NO2/c29-24-11-1-5-18(15-24)13-20-7-3-9-22-17-23-10-4-8-21(27(23)28-26(20)22)14-19-6-2-12-25(30)16-19/h1-2,5-6,11-17,29-30H,3-4,7-10H2/b20-13-,21-14+. The number of phenolic OH excluding ortho intramolecular Hbond substituents is 2. The van der Waals surface area contributed by atoms with Crippen LogP contribution in [0.25, 0.3) is 23.3 Å². The summed E-state index contributed by atoms with van der Waals surface area (Å²) in [5, 5.41) is 19.6. The largest absolute Gasteiger partial charge is 0.508 e. The Bertz CT molecular complexity index is 1080. The fourth-order valence-corrected chi connectivity index (χ4v) is 4.63. The number of hydrogen-bond acceptors (Lipinski definition) is 3. The minimum Gasteiger partial charge on any atom is -0.508 e. The first-order valence-corrected chi connectivity index (χ1v) is 10.7. The van der Waals surface area contributed by atoms with Crippen LogP contribution in [-0.2, 0) is 12.8 Å². The number of allylic oxidation sites excluding steroid dienone is 2. The minimum absolute atomic E-state index is 0.287. The molecular formula is C27H25NO2. The van der Waals surface area contributed by atoms with Crippen LogP contribution in [-0.4, -0.2) is 15.2 Å². The Morgan fingerprint density at radius 2 is 1.13 bits per heavy atom.